The van der Waals surface area contributed by atoms with Gasteiger partial charge in [-0.05, 0) is 30.5 Å². The average molecular weight is 231 g/mol. The number of hydrogen-bond donors (Lipinski definition) is 2. The third-order valence-electron chi connectivity index (χ3n) is 3.91. The lowest BCUT2D eigenvalue weighted by Crippen LogP contribution is -2.47. The Morgan fingerprint density at radius 2 is 2.12 bits per heavy atom. The lowest BCUT2D eigenvalue weighted by atomic mass is 10.0. The summed E-state index contributed by atoms with van der Waals surface area (Å²) in [5.41, 5.74) is 4.30. The van der Waals surface area contributed by atoms with E-state index in [0.717, 1.165) is 13.1 Å². The molecule has 1 fully saturated rings. The summed E-state index contributed by atoms with van der Waals surface area (Å²) in [5.74, 6) is 0. The molecule has 1 aromatic carbocycles. The van der Waals surface area contributed by atoms with Crippen LogP contribution in [0.25, 0.3) is 0 Å². The molecule has 0 aromatic heterocycles. The van der Waals surface area contributed by atoms with E-state index < -0.39 is 0 Å². The van der Waals surface area contributed by atoms with Gasteiger partial charge in [-0.2, -0.15) is 0 Å². The fourth-order valence-corrected chi connectivity index (χ4v) is 2.94. The SMILES string of the molecule is Cc1cccc2c1CC(CN1CCNCC1)N2. The molecule has 0 bridgehead atoms. The molecular formula is C14H21N3. The molecular weight excluding hydrogens is 210 g/mol. The molecule has 2 N–H and O–H groups in total. The molecule has 2 aliphatic heterocycles. The molecule has 1 aromatic rings. The standard InChI is InChI=1S/C14H21N3/c1-11-3-2-4-14-13(11)9-12(16-14)10-17-7-5-15-6-8-17/h2-4,12,15-16H,5-10H2,1H3. The lowest BCUT2D eigenvalue weighted by Gasteiger charge is -2.29. The van der Waals surface area contributed by atoms with E-state index >= 15 is 0 Å². The van der Waals surface area contributed by atoms with Gasteiger partial charge in [0.05, 0.1) is 0 Å². The van der Waals surface area contributed by atoms with E-state index in [0.29, 0.717) is 6.04 Å². The summed E-state index contributed by atoms with van der Waals surface area (Å²) in [5, 5.41) is 7.06. The van der Waals surface area contributed by atoms with E-state index in [-0.39, 0.29) is 0 Å². The summed E-state index contributed by atoms with van der Waals surface area (Å²) in [7, 11) is 0. The van der Waals surface area contributed by atoms with Crippen LogP contribution in [0.1, 0.15) is 11.1 Å². The van der Waals surface area contributed by atoms with Gasteiger partial charge in [-0.1, -0.05) is 12.1 Å². The number of piperazine rings is 1. The number of hydrogen-bond acceptors (Lipinski definition) is 3. The van der Waals surface area contributed by atoms with Crippen molar-refractivity contribution in [1.29, 1.82) is 0 Å². The van der Waals surface area contributed by atoms with Crippen molar-refractivity contribution in [2.75, 3.05) is 38.0 Å². The maximum atomic E-state index is 3.66. The van der Waals surface area contributed by atoms with Crippen LogP contribution in [0.2, 0.25) is 0 Å². The largest absolute Gasteiger partial charge is 0.380 e. The molecule has 0 amide bonds. The average Bonchev–Trinajstić information content (AvgIpc) is 2.74. The molecule has 0 saturated carbocycles. The molecule has 1 saturated heterocycles. The Morgan fingerprint density at radius 3 is 2.88 bits per heavy atom. The summed E-state index contributed by atoms with van der Waals surface area (Å²) >= 11 is 0. The van der Waals surface area contributed by atoms with E-state index in [1.807, 2.05) is 0 Å². The van der Waals surface area contributed by atoms with Gasteiger partial charge in [0.2, 0.25) is 0 Å². The fraction of sp³-hybridized carbons (Fsp3) is 0.571. The van der Waals surface area contributed by atoms with Crippen molar-refractivity contribution < 1.29 is 0 Å². The molecule has 3 heteroatoms. The van der Waals surface area contributed by atoms with Crippen LogP contribution in [0.5, 0.6) is 0 Å². The lowest BCUT2D eigenvalue weighted by molar-refractivity contribution is 0.233. The molecule has 1 unspecified atom stereocenters. The minimum Gasteiger partial charge on any atom is -0.380 e. The van der Waals surface area contributed by atoms with Gasteiger partial charge in [-0.15, -0.1) is 0 Å². The van der Waals surface area contributed by atoms with Crippen molar-refractivity contribution in [1.82, 2.24) is 10.2 Å². The first kappa shape index (κ1) is 11.1. The van der Waals surface area contributed by atoms with E-state index in [1.54, 1.807) is 0 Å². The van der Waals surface area contributed by atoms with Crippen molar-refractivity contribution in [3.63, 3.8) is 0 Å². The van der Waals surface area contributed by atoms with Crippen LogP contribution in [0.15, 0.2) is 18.2 Å². The number of aryl methyl sites for hydroxylation is 1. The maximum Gasteiger partial charge on any atom is 0.0429 e. The number of benzene rings is 1. The summed E-state index contributed by atoms with van der Waals surface area (Å²) in [6, 6.07) is 7.17. The minimum atomic E-state index is 0.601. The second-order valence-electron chi connectivity index (χ2n) is 5.20. The van der Waals surface area contributed by atoms with Crippen molar-refractivity contribution in [3.8, 4) is 0 Å². The highest BCUT2D eigenvalue weighted by Crippen LogP contribution is 2.28. The van der Waals surface area contributed by atoms with Gasteiger partial charge < -0.3 is 10.6 Å². The molecule has 3 nitrogen and oxygen atoms in total. The van der Waals surface area contributed by atoms with Gasteiger partial charge in [-0.25, -0.2) is 0 Å². The Labute approximate surface area is 103 Å². The van der Waals surface area contributed by atoms with Crippen LogP contribution >= 0.6 is 0 Å². The number of nitrogens with zero attached hydrogens (tertiary/aromatic N) is 1. The van der Waals surface area contributed by atoms with E-state index in [9.17, 15) is 0 Å². The second-order valence-corrected chi connectivity index (χ2v) is 5.20. The zero-order valence-corrected chi connectivity index (χ0v) is 10.5. The summed E-state index contributed by atoms with van der Waals surface area (Å²) < 4.78 is 0. The quantitative estimate of drug-likeness (QED) is 0.802. The van der Waals surface area contributed by atoms with Crippen molar-refractivity contribution in [2.24, 2.45) is 0 Å². The number of fused-ring (bicyclic) bond motifs is 1. The number of anilines is 1. The van der Waals surface area contributed by atoms with Crippen LogP contribution in [-0.2, 0) is 6.42 Å². The number of rotatable bonds is 2. The third-order valence-corrected chi connectivity index (χ3v) is 3.91. The summed E-state index contributed by atoms with van der Waals surface area (Å²) in [4.78, 5) is 2.56. The molecule has 0 aliphatic carbocycles. The molecule has 1 atom stereocenters. The van der Waals surface area contributed by atoms with Crippen molar-refractivity contribution >= 4 is 5.69 Å². The molecule has 17 heavy (non-hydrogen) atoms. The molecule has 92 valence electrons. The van der Waals surface area contributed by atoms with Gasteiger partial charge in [-0.3, -0.25) is 4.90 Å². The van der Waals surface area contributed by atoms with Gasteiger partial charge in [0, 0.05) is 44.5 Å². The molecule has 0 spiro atoms. The maximum absolute atomic E-state index is 3.66. The Morgan fingerprint density at radius 1 is 1.29 bits per heavy atom. The van der Waals surface area contributed by atoms with Crippen molar-refractivity contribution in [2.45, 2.75) is 19.4 Å². The number of nitrogens with one attached hydrogen (secondary N) is 2. The summed E-state index contributed by atoms with van der Waals surface area (Å²) in [6.45, 7) is 8.04. The van der Waals surface area contributed by atoms with Crippen LogP contribution in [0, 0.1) is 6.92 Å². The Kier molecular flexibility index (Phi) is 3.04. The normalized spacial score (nSPS) is 24.4. The highest BCUT2D eigenvalue weighted by atomic mass is 15.2. The smallest absolute Gasteiger partial charge is 0.0429 e. The third kappa shape index (κ3) is 2.31. The minimum absolute atomic E-state index is 0.601. The highest BCUT2D eigenvalue weighted by Gasteiger charge is 2.24. The predicted octanol–water partition coefficient (Wildman–Crippen LogP) is 1.24. The van der Waals surface area contributed by atoms with Crippen LogP contribution in [0.3, 0.4) is 0 Å². The Balaban J connectivity index is 1.63. The van der Waals surface area contributed by atoms with Crippen LogP contribution in [-0.4, -0.2) is 43.7 Å². The fourth-order valence-electron chi connectivity index (χ4n) is 2.94. The van der Waals surface area contributed by atoms with Gasteiger partial charge in [0.15, 0.2) is 0 Å². The Bertz CT molecular complexity index is 396. The predicted molar refractivity (Wildman–Crippen MR) is 71.6 cm³/mol. The zero-order chi connectivity index (χ0) is 11.7. The van der Waals surface area contributed by atoms with E-state index in [2.05, 4.69) is 40.7 Å². The van der Waals surface area contributed by atoms with Gasteiger partial charge >= 0.3 is 0 Å². The zero-order valence-electron chi connectivity index (χ0n) is 10.5. The van der Waals surface area contributed by atoms with Gasteiger partial charge in [0.1, 0.15) is 0 Å². The molecule has 3 rings (SSSR count). The first-order valence-corrected chi connectivity index (χ1v) is 6.61. The van der Waals surface area contributed by atoms with Gasteiger partial charge in [0.25, 0.3) is 0 Å². The topological polar surface area (TPSA) is 27.3 Å². The molecule has 2 heterocycles. The van der Waals surface area contributed by atoms with Crippen LogP contribution in [0.4, 0.5) is 5.69 Å². The summed E-state index contributed by atoms with van der Waals surface area (Å²) in [6.07, 6.45) is 1.19. The Hall–Kier alpha value is -1.06. The van der Waals surface area contributed by atoms with E-state index in [1.165, 1.54) is 42.9 Å². The molecule has 2 aliphatic rings. The van der Waals surface area contributed by atoms with E-state index in [4.69, 9.17) is 0 Å². The first-order valence-electron chi connectivity index (χ1n) is 6.61. The second kappa shape index (κ2) is 4.67. The monoisotopic (exact) mass is 231 g/mol. The highest BCUT2D eigenvalue weighted by molar-refractivity contribution is 5.59. The first-order chi connectivity index (χ1) is 8.33. The molecule has 0 radical (unpaired) electrons. The van der Waals surface area contributed by atoms with Crippen LogP contribution < -0.4 is 10.6 Å². The van der Waals surface area contributed by atoms with Crippen molar-refractivity contribution in [3.05, 3.63) is 29.3 Å².